The Labute approximate surface area is 132 Å². The van der Waals surface area contributed by atoms with E-state index in [-0.39, 0.29) is 5.82 Å². The average Bonchev–Trinajstić information content (AvgIpc) is 2.42. The largest absolute Gasteiger partial charge is 0.330 e. The monoisotopic (exact) mass is 355 g/mol. The minimum absolute atomic E-state index is 0.243. The van der Waals surface area contributed by atoms with Gasteiger partial charge >= 0.3 is 0 Å². The third kappa shape index (κ3) is 4.30. The van der Waals surface area contributed by atoms with Crippen molar-refractivity contribution >= 4 is 27.5 Å². The molecule has 0 aliphatic rings. The summed E-state index contributed by atoms with van der Waals surface area (Å²) in [7, 11) is 0. The Kier molecular flexibility index (Phi) is 5.58. The molecule has 0 bridgehead atoms. The summed E-state index contributed by atoms with van der Waals surface area (Å²) in [4.78, 5) is 0. The maximum absolute atomic E-state index is 13.2. The molecule has 0 aliphatic heterocycles. The molecule has 0 saturated carbocycles. The van der Waals surface area contributed by atoms with Crippen molar-refractivity contribution in [1.82, 2.24) is 0 Å². The first kappa shape index (κ1) is 15.5. The van der Waals surface area contributed by atoms with Crippen molar-refractivity contribution in [3.8, 4) is 0 Å². The Morgan fingerprint density at radius 3 is 2.40 bits per heavy atom. The Morgan fingerprint density at radius 2 is 1.80 bits per heavy atom. The van der Waals surface area contributed by atoms with Gasteiger partial charge in [-0.15, -0.1) is 0 Å². The molecule has 0 aliphatic carbocycles. The molecule has 20 heavy (non-hydrogen) atoms. The summed E-state index contributed by atoms with van der Waals surface area (Å²) in [6, 6.07) is 12.9. The summed E-state index contributed by atoms with van der Waals surface area (Å²) < 4.78 is 13.7. The summed E-state index contributed by atoms with van der Waals surface area (Å²) in [5, 5.41) is 0.739. The van der Waals surface area contributed by atoms with E-state index in [9.17, 15) is 4.39 Å². The van der Waals surface area contributed by atoms with Crippen LogP contribution in [0.3, 0.4) is 0 Å². The van der Waals surface area contributed by atoms with Gasteiger partial charge in [-0.2, -0.15) is 0 Å². The second-order valence-corrected chi connectivity index (χ2v) is 6.18. The van der Waals surface area contributed by atoms with Gasteiger partial charge < -0.3 is 5.73 Å². The first-order valence-corrected chi connectivity index (χ1v) is 7.64. The van der Waals surface area contributed by atoms with Gasteiger partial charge in [0, 0.05) is 5.02 Å². The Balaban J connectivity index is 2.07. The molecule has 4 heteroatoms. The molecule has 2 N–H and O–H groups in total. The molecule has 2 aromatic carbocycles. The number of rotatable bonds is 5. The zero-order valence-corrected chi connectivity index (χ0v) is 13.3. The second-order valence-electron chi connectivity index (χ2n) is 4.89. The van der Waals surface area contributed by atoms with Crippen molar-refractivity contribution < 1.29 is 4.39 Å². The average molecular weight is 357 g/mol. The molecule has 0 heterocycles. The number of halogens is 3. The van der Waals surface area contributed by atoms with Crippen molar-refractivity contribution in [2.75, 3.05) is 6.54 Å². The van der Waals surface area contributed by atoms with Gasteiger partial charge in [0.25, 0.3) is 0 Å². The van der Waals surface area contributed by atoms with E-state index in [2.05, 4.69) is 22.0 Å². The first-order valence-electron chi connectivity index (χ1n) is 6.47. The van der Waals surface area contributed by atoms with Crippen LogP contribution in [0.5, 0.6) is 0 Å². The highest BCUT2D eigenvalue weighted by Crippen LogP contribution is 2.21. The third-order valence-corrected chi connectivity index (χ3v) is 4.10. The van der Waals surface area contributed by atoms with Crippen molar-refractivity contribution in [3.63, 3.8) is 0 Å². The van der Waals surface area contributed by atoms with E-state index < -0.39 is 0 Å². The number of hydrogen-bond acceptors (Lipinski definition) is 1. The topological polar surface area (TPSA) is 26.0 Å². The molecule has 2 rings (SSSR count). The summed E-state index contributed by atoms with van der Waals surface area (Å²) in [5.74, 6) is 0.0683. The number of nitrogens with two attached hydrogens (primary N) is 1. The predicted octanol–water partition coefficient (Wildman–Crippen LogP) is 4.60. The van der Waals surface area contributed by atoms with Gasteiger partial charge in [-0.3, -0.25) is 0 Å². The molecule has 0 spiro atoms. The molecule has 1 nitrogen and oxygen atoms in total. The molecule has 0 radical (unpaired) electrons. The van der Waals surface area contributed by atoms with E-state index in [1.165, 1.54) is 11.6 Å². The summed E-state index contributed by atoms with van der Waals surface area (Å²) in [6.07, 6.45) is 1.69. The SMILES string of the molecule is NCC(Cc1cccc(Cl)c1)Cc1ccc(F)c(Br)c1. The van der Waals surface area contributed by atoms with E-state index in [0.717, 1.165) is 23.4 Å². The maximum atomic E-state index is 13.2. The van der Waals surface area contributed by atoms with Crippen molar-refractivity contribution in [1.29, 1.82) is 0 Å². The highest BCUT2D eigenvalue weighted by molar-refractivity contribution is 9.10. The van der Waals surface area contributed by atoms with Crippen LogP contribution < -0.4 is 5.73 Å². The Hall–Kier alpha value is -0.900. The quantitative estimate of drug-likeness (QED) is 0.832. The molecule has 1 unspecified atom stereocenters. The minimum atomic E-state index is -0.243. The lowest BCUT2D eigenvalue weighted by Crippen LogP contribution is -2.19. The lowest BCUT2D eigenvalue weighted by Gasteiger charge is -2.15. The summed E-state index contributed by atoms with van der Waals surface area (Å²) in [6.45, 7) is 0.585. The fraction of sp³-hybridized carbons (Fsp3) is 0.250. The molecule has 0 fully saturated rings. The van der Waals surface area contributed by atoms with Crippen LogP contribution in [0.4, 0.5) is 4.39 Å². The van der Waals surface area contributed by atoms with E-state index in [4.69, 9.17) is 17.3 Å². The lowest BCUT2D eigenvalue weighted by atomic mass is 9.93. The third-order valence-electron chi connectivity index (χ3n) is 3.26. The van der Waals surface area contributed by atoms with Gasteiger partial charge in [-0.25, -0.2) is 4.39 Å². The van der Waals surface area contributed by atoms with Gasteiger partial charge in [0.2, 0.25) is 0 Å². The molecular formula is C16H16BrClFN. The standard InChI is InChI=1S/C16H16BrClFN/c17-15-9-12(4-5-16(15)19)7-13(10-20)6-11-2-1-3-14(18)8-11/h1-5,8-9,13H,6-7,10,20H2. The predicted molar refractivity (Wildman–Crippen MR) is 85.5 cm³/mol. The van der Waals surface area contributed by atoms with E-state index in [1.54, 1.807) is 6.07 Å². The van der Waals surface area contributed by atoms with Gasteiger partial charge in [0.1, 0.15) is 5.82 Å². The van der Waals surface area contributed by atoms with Crippen LogP contribution in [0.2, 0.25) is 5.02 Å². The van der Waals surface area contributed by atoms with Gasteiger partial charge in [-0.05, 0) is 76.6 Å². The van der Waals surface area contributed by atoms with Crippen molar-refractivity contribution in [2.24, 2.45) is 11.7 Å². The van der Waals surface area contributed by atoms with Crippen LogP contribution in [-0.2, 0) is 12.8 Å². The fourth-order valence-electron chi connectivity index (χ4n) is 2.24. The lowest BCUT2D eigenvalue weighted by molar-refractivity contribution is 0.532. The smallest absolute Gasteiger partial charge is 0.137 e. The molecule has 0 amide bonds. The van der Waals surface area contributed by atoms with Crippen LogP contribution >= 0.6 is 27.5 Å². The zero-order chi connectivity index (χ0) is 14.5. The first-order chi connectivity index (χ1) is 9.58. The van der Waals surface area contributed by atoms with Gasteiger partial charge in [-0.1, -0.05) is 29.8 Å². The summed E-state index contributed by atoms with van der Waals surface area (Å²) >= 11 is 9.20. The molecule has 0 aromatic heterocycles. The van der Waals surface area contributed by atoms with Crippen molar-refractivity contribution in [3.05, 3.63) is 68.9 Å². The van der Waals surface area contributed by atoms with E-state index in [1.807, 2.05) is 24.3 Å². The number of hydrogen-bond donors (Lipinski definition) is 1. The normalized spacial score (nSPS) is 12.4. The molecular weight excluding hydrogens is 341 g/mol. The molecule has 106 valence electrons. The van der Waals surface area contributed by atoms with E-state index >= 15 is 0 Å². The molecule has 2 aromatic rings. The Morgan fingerprint density at radius 1 is 1.10 bits per heavy atom. The number of benzene rings is 2. The van der Waals surface area contributed by atoms with Crippen LogP contribution in [0, 0.1) is 11.7 Å². The highest BCUT2D eigenvalue weighted by Gasteiger charge is 2.11. The minimum Gasteiger partial charge on any atom is -0.330 e. The van der Waals surface area contributed by atoms with Crippen LogP contribution in [0.15, 0.2) is 46.9 Å². The fourth-order valence-corrected chi connectivity index (χ4v) is 2.88. The van der Waals surface area contributed by atoms with Crippen LogP contribution in [-0.4, -0.2) is 6.54 Å². The summed E-state index contributed by atoms with van der Waals surface area (Å²) in [5.41, 5.74) is 8.11. The maximum Gasteiger partial charge on any atom is 0.137 e. The zero-order valence-electron chi connectivity index (χ0n) is 11.0. The van der Waals surface area contributed by atoms with Crippen LogP contribution in [0.1, 0.15) is 11.1 Å². The highest BCUT2D eigenvalue weighted by atomic mass is 79.9. The Bertz CT molecular complexity index is 588. The van der Waals surface area contributed by atoms with Crippen LogP contribution in [0.25, 0.3) is 0 Å². The second kappa shape index (κ2) is 7.21. The van der Waals surface area contributed by atoms with Crippen molar-refractivity contribution in [2.45, 2.75) is 12.8 Å². The molecule has 0 saturated heterocycles. The van der Waals surface area contributed by atoms with Gasteiger partial charge in [0.05, 0.1) is 4.47 Å². The molecule has 1 atom stereocenters. The van der Waals surface area contributed by atoms with E-state index in [0.29, 0.717) is 16.9 Å². The van der Waals surface area contributed by atoms with Gasteiger partial charge in [0.15, 0.2) is 0 Å².